The number of aromatic nitrogens is 3. The van der Waals surface area contributed by atoms with Gasteiger partial charge in [-0.3, -0.25) is 30.1 Å². The standard InChI is InChI=1S/C21H23N5O4S/c1-3-30-17-10-6-15(7-11-17)20-24-25-21(31)26(20)13-19(28)23-22-18(27)12-14-4-8-16(29-2)9-5-14/h4-11H,3,12-13H2,1-2H3,(H,22,27)(H,23,28)(H,25,31). The van der Waals surface area contributed by atoms with Gasteiger partial charge >= 0.3 is 0 Å². The van der Waals surface area contributed by atoms with Crippen molar-refractivity contribution in [1.29, 1.82) is 0 Å². The van der Waals surface area contributed by atoms with Crippen LogP contribution in [0.2, 0.25) is 0 Å². The number of carbonyl (C=O) groups excluding carboxylic acids is 2. The summed E-state index contributed by atoms with van der Waals surface area (Å²) in [6.07, 6.45) is 0.118. The van der Waals surface area contributed by atoms with E-state index in [0.717, 1.165) is 16.9 Å². The van der Waals surface area contributed by atoms with Crippen LogP contribution in [0.15, 0.2) is 48.5 Å². The maximum Gasteiger partial charge on any atom is 0.258 e. The highest BCUT2D eigenvalue weighted by atomic mass is 32.1. The van der Waals surface area contributed by atoms with Crippen molar-refractivity contribution in [3.8, 4) is 22.9 Å². The lowest BCUT2D eigenvalue weighted by Gasteiger charge is -2.10. The van der Waals surface area contributed by atoms with Crippen molar-refractivity contribution in [1.82, 2.24) is 25.6 Å². The lowest BCUT2D eigenvalue weighted by atomic mass is 10.1. The summed E-state index contributed by atoms with van der Waals surface area (Å²) in [5.41, 5.74) is 6.38. The van der Waals surface area contributed by atoms with Crippen LogP contribution in [0.4, 0.5) is 0 Å². The van der Waals surface area contributed by atoms with E-state index in [1.165, 1.54) is 0 Å². The third-order valence-corrected chi connectivity index (χ3v) is 4.66. The summed E-state index contributed by atoms with van der Waals surface area (Å²) in [5, 5.41) is 6.90. The molecule has 3 rings (SSSR count). The number of amides is 2. The van der Waals surface area contributed by atoms with E-state index in [-0.39, 0.29) is 18.9 Å². The quantitative estimate of drug-likeness (QED) is 0.366. The highest BCUT2D eigenvalue weighted by Gasteiger charge is 2.13. The number of aromatic amines is 1. The lowest BCUT2D eigenvalue weighted by Crippen LogP contribution is -2.43. The molecule has 0 saturated carbocycles. The van der Waals surface area contributed by atoms with Gasteiger partial charge in [0.25, 0.3) is 5.91 Å². The number of nitrogens with zero attached hydrogens (tertiary/aromatic N) is 2. The van der Waals surface area contributed by atoms with Gasteiger partial charge in [0.15, 0.2) is 10.6 Å². The SMILES string of the molecule is CCOc1ccc(-c2n[nH]c(=S)n2CC(=O)NNC(=O)Cc2ccc(OC)cc2)cc1. The Morgan fingerprint density at radius 3 is 2.32 bits per heavy atom. The van der Waals surface area contributed by atoms with Crippen LogP contribution in [0.25, 0.3) is 11.4 Å². The zero-order valence-corrected chi connectivity index (χ0v) is 18.0. The molecule has 0 saturated heterocycles. The zero-order valence-electron chi connectivity index (χ0n) is 17.2. The summed E-state index contributed by atoms with van der Waals surface area (Å²) < 4.78 is 12.4. The minimum Gasteiger partial charge on any atom is -0.497 e. The van der Waals surface area contributed by atoms with E-state index in [4.69, 9.17) is 21.7 Å². The monoisotopic (exact) mass is 441 g/mol. The normalized spacial score (nSPS) is 10.4. The maximum absolute atomic E-state index is 12.4. The van der Waals surface area contributed by atoms with E-state index < -0.39 is 5.91 Å². The summed E-state index contributed by atoms with van der Waals surface area (Å²) in [7, 11) is 1.57. The number of methoxy groups -OCH3 is 1. The first-order chi connectivity index (χ1) is 15.0. The van der Waals surface area contributed by atoms with Crippen molar-refractivity contribution in [2.24, 2.45) is 0 Å². The number of hydrogen-bond acceptors (Lipinski definition) is 6. The van der Waals surface area contributed by atoms with Crippen molar-refractivity contribution in [3.05, 3.63) is 58.9 Å². The Kier molecular flexibility index (Phi) is 7.39. The first-order valence-corrected chi connectivity index (χ1v) is 10.00. The highest BCUT2D eigenvalue weighted by molar-refractivity contribution is 7.71. The van der Waals surface area contributed by atoms with Gasteiger partial charge in [-0.2, -0.15) is 5.10 Å². The molecule has 0 aliphatic heterocycles. The van der Waals surface area contributed by atoms with Crippen LogP contribution in [0, 0.1) is 4.77 Å². The number of hydrogen-bond donors (Lipinski definition) is 3. The van der Waals surface area contributed by atoms with Gasteiger partial charge in [0.05, 0.1) is 20.1 Å². The van der Waals surface area contributed by atoms with Crippen molar-refractivity contribution in [3.63, 3.8) is 0 Å². The number of nitrogens with one attached hydrogen (secondary N) is 3. The second-order valence-corrected chi connectivity index (χ2v) is 6.90. The molecule has 0 atom stereocenters. The van der Waals surface area contributed by atoms with Crippen molar-refractivity contribution in [2.75, 3.05) is 13.7 Å². The molecule has 3 N–H and O–H groups in total. The summed E-state index contributed by atoms with van der Waals surface area (Å²) in [6.45, 7) is 2.37. The summed E-state index contributed by atoms with van der Waals surface area (Å²) in [4.78, 5) is 24.5. The topological polar surface area (TPSA) is 110 Å². The number of ether oxygens (including phenoxy) is 2. The van der Waals surface area contributed by atoms with Crippen LogP contribution >= 0.6 is 12.2 Å². The van der Waals surface area contributed by atoms with Gasteiger partial charge in [0, 0.05) is 5.56 Å². The Morgan fingerprint density at radius 1 is 1.03 bits per heavy atom. The van der Waals surface area contributed by atoms with Crippen molar-refractivity contribution < 1.29 is 19.1 Å². The average Bonchev–Trinajstić information content (AvgIpc) is 3.13. The van der Waals surface area contributed by atoms with Gasteiger partial charge in [-0.1, -0.05) is 12.1 Å². The molecular formula is C21H23N5O4S. The third-order valence-electron chi connectivity index (χ3n) is 4.35. The Morgan fingerprint density at radius 2 is 1.68 bits per heavy atom. The van der Waals surface area contributed by atoms with Crippen molar-refractivity contribution in [2.45, 2.75) is 19.9 Å². The second kappa shape index (κ2) is 10.4. The summed E-state index contributed by atoms with van der Waals surface area (Å²) >= 11 is 5.24. The Labute approximate surface area is 184 Å². The predicted octanol–water partition coefficient (Wildman–Crippen LogP) is 2.41. The Balaban J connectivity index is 1.58. The Hall–Kier alpha value is -3.66. The molecule has 162 valence electrons. The van der Waals surface area contributed by atoms with Crippen molar-refractivity contribution >= 4 is 24.0 Å². The van der Waals surface area contributed by atoms with E-state index >= 15 is 0 Å². The zero-order chi connectivity index (χ0) is 22.2. The molecule has 0 aliphatic rings. The van der Waals surface area contributed by atoms with Crippen LogP contribution in [-0.4, -0.2) is 40.3 Å². The molecule has 2 amide bonds. The van der Waals surface area contributed by atoms with Gasteiger partial charge in [0.1, 0.15) is 18.0 Å². The number of H-pyrrole nitrogens is 1. The fourth-order valence-corrected chi connectivity index (χ4v) is 3.04. The van der Waals surface area contributed by atoms with E-state index in [0.29, 0.717) is 23.0 Å². The highest BCUT2D eigenvalue weighted by Crippen LogP contribution is 2.21. The summed E-state index contributed by atoms with van der Waals surface area (Å²) in [5.74, 6) is 1.17. The van der Waals surface area contributed by atoms with Crippen LogP contribution in [0.3, 0.4) is 0 Å². The first-order valence-electron chi connectivity index (χ1n) is 9.59. The van der Waals surface area contributed by atoms with Gasteiger partial charge in [-0.05, 0) is 61.1 Å². The molecule has 0 spiro atoms. The molecule has 0 bridgehead atoms. The summed E-state index contributed by atoms with van der Waals surface area (Å²) in [6, 6.07) is 14.4. The Bertz CT molecular complexity index is 1090. The molecule has 31 heavy (non-hydrogen) atoms. The van der Waals surface area contributed by atoms with Gasteiger partial charge in [-0.25, -0.2) is 0 Å². The molecule has 0 fully saturated rings. The van der Waals surface area contributed by atoms with Crippen LogP contribution in [-0.2, 0) is 22.6 Å². The first kappa shape index (κ1) is 22.0. The van der Waals surface area contributed by atoms with E-state index in [9.17, 15) is 9.59 Å². The maximum atomic E-state index is 12.4. The number of hydrazine groups is 1. The molecule has 0 aliphatic carbocycles. The van der Waals surface area contributed by atoms with Crippen LogP contribution in [0.1, 0.15) is 12.5 Å². The average molecular weight is 442 g/mol. The van der Waals surface area contributed by atoms with Crippen LogP contribution in [0.5, 0.6) is 11.5 Å². The van der Waals surface area contributed by atoms with Gasteiger partial charge in [-0.15, -0.1) is 0 Å². The molecule has 9 nitrogen and oxygen atoms in total. The molecule has 10 heteroatoms. The predicted molar refractivity (Wildman–Crippen MR) is 117 cm³/mol. The molecule has 1 aromatic heterocycles. The van der Waals surface area contributed by atoms with Gasteiger partial charge < -0.3 is 9.47 Å². The molecule has 3 aromatic rings. The van der Waals surface area contributed by atoms with Gasteiger partial charge in [0.2, 0.25) is 5.91 Å². The lowest BCUT2D eigenvalue weighted by molar-refractivity contribution is -0.128. The molecular weight excluding hydrogens is 418 g/mol. The molecule has 2 aromatic carbocycles. The van der Waals surface area contributed by atoms with E-state index in [1.54, 1.807) is 35.9 Å². The second-order valence-electron chi connectivity index (χ2n) is 6.52. The minimum atomic E-state index is -0.437. The van der Waals surface area contributed by atoms with E-state index in [1.807, 2.05) is 31.2 Å². The third kappa shape index (κ3) is 5.92. The van der Waals surface area contributed by atoms with Crippen LogP contribution < -0.4 is 20.3 Å². The largest absolute Gasteiger partial charge is 0.497 e. The number of benzene rings is 2. The fourth-order valence-electron chi connectivity index (χ4n) is 2.85. The fraction of sp³-hybridized carbons (Fsp3) is 0.238. The number of rotatable bonds is 8. The molecule has 1 heterocycles. The smallest absolute Gasteiger partial charge is 0.258 e. The minimum absolute atomic E-state index is 0.110. The van der Waals surface area contributed by atoms with E-state index in [2.05, 4.69) is 21.0 Å². The number of carbonyl (C=O) groups is 2. The molecule has 0 radical (unpaired) electrons. The molecule has 0 unspecified atom stereocenters.